The van der Waals surface area contributed by atoms with Crippen molar-refractivity contribution in [3.8, 4) is 0 Å². The van der Waals surface area contributed by atoms with Crippen LogP contribution in [-0.2, 0) is 29.6 Å². The van der Waals surface area contributed by atoms with Gasteiger partial charge in [-0.05, 0) is 48.2 Å². The van der Waals surface area contributed by atoms with Crippen LogP contribution in [0.2, 0.25) is 0 Å². The van der Waals surface area contributed by atoms with Gasteiger partial charge < -0.3 is 10.6 Å². The van der Waals surface area contributed by atoms with Gasteiger partial charge in [0, 0.05) is 49.9 Å². The third kappa shape index (κ3) is 2.67. The van der Waals surface area contributed by atoms with Crippen LogP contribution < -0.4 is 10.6 Å². The number of fused-ring (bicyclic) bond motifs is 4. The second kappa shape index (κ2) is 6.34. The van der Waals surface area contributed by atoms with E-state index < -0.39 is 5.41 Å². The number of pyridine rings is 2. The average molecular weight is 385 g/mol. The summed E-state index contributed by atoms with van der Waals surface area (Å²) in [4.78, 5) is 24.7. The van der Waals surface area contributed by atoms with Gasteiger partial charge in [0.05, 0.1) is 16.6 Å². The average Bonchev–Trinajstić information content (AvgIpc) is 3.24. The molecule has 2 aliphatic heterocycles. The van der Waals surface area contributed by atoms with Crippen molar-refractivity contribution in [2.24, 2.45) is 0 Å². The van der Waals surface area contributed by atoms with Crippen LogP contribution in [0.4, 0.5) is 5.82 Å². The van der Waals surface area contributed by atoms with E-state index in [1.165, 1.54) is 11.1 Å². The molecule has 0 unspecified atom stereocenters. The first kappa shape index (κ1) is 17.1. The van der Waals surface area contributed by atoms with Crippen molar-refractivity contribution in [2.75, 3.05) is 31.5 Å². The predicted octanol–water partition coefficient (Wildman–Crippen LogP) is 2.02. The van der Waals surface area contributed by atoms with Crippen LogP contribution in [-0.4, -0.2) is 47.0 Å². The fourth-order valence-electron chi connectivity index (χ4n) is 5.12. The molecule has 3 aliphatic rings. The number of carbonyl (C=O) groups is 1. The number of piperazine rings is 1. The number of anilines is 1. The van der Waals surface area contributed by atoms with E-state index in [1.54, 1.807) is 6.20 Å². The Morgan fingerprint density at radius 3 is 2.76 bits per heavy atom. The third-order valence-corrected chi connectivity index (χ3v) is 6.64. The standard InChI is InChI=1S/C23H23N5O/c29-22-23(19-2-1-5-25-21(19)27-22)12-16-10-15-3-4-18(14-28-8-6-24-7-9-28)26-20(15)11-17(16)13-23/h1-5,10-11,24H,6-9,12-14H2,(H,25,27,29)/t23-/m0/s1. The summed E-state index contributed by atoms with van der Waals surface area (Å²) in [7, 11) is 0. The molecule has 3 aromatic rings. The highest BCUT2D eigenvalue weighted by atomic mass is 16.2. The molecule has 1 aliphatic carbocycles. The molecule has 1 saturated heterocycles. The van der Waals surface area contributed by atoms with Crippen molar-refractivity contribution in [2.45, 2.75) is 24.8 Å². The molecule has 0 radical (unpaired) electrons. The van der Waals surface area contributed by atoms with Gasteiger partial charge in [-0.15, -0.1) is 0 Å². The second-order valence-corrected chi connectivity index (χ2v) is 8.43. The number of hydrogen-bond donors (Lipinski definition) is 2. The van der Waals surface area contributed by atoms with E-state index >= 15 is 0 Å². The van der Waals surface area contributed by atoms with Crippen molar-refractivity contribution in [3.05, 3.63) is 65.0 Å². The van der Waals surface area contributed by atoms with Crippen LogP contribution >= 0.6 is 0 Å². The zero-order chi connectivity index (χ0) is 19.4. The van der Waals surface area contributed by atoms with Crippen LogP contribution in [0.5, 0.6) is 0 Å². The Labute approximate surface area is 169 Å². The van der Waals surface area contributed by atoms with Crippen LogP contribution in [0.1, 0.15) is 22.4 Å². The summed E-state index contributed by atoms with van der Waals surface area (Å²) < 4.78 is 0. The molecule has 1 fully saturated rings. The molecule has 1 spiro atoms. The van der Waals surface area contributed by atoms with Crippen molar-refractivity contribution in [1.29, 1.82) is 0 Å². The number of nitrogens with one attached hydrogen (secondary N) is 2. The van der Waals surface area contributed by atoms with E-state index in [9.17, 15) is 4.79 Å². The molecule has 29 heavy (non-hydrogen) atoms. The molecule has 2 N–H and O–H groups in total. The highest BCUT2D eigenvalue weighted by molar-refractivity contribution is 6.06. The molecule has 1 aromatic carbocycles. The summed E-state index contributed by atoms with van der Waals surface area (Å²) in [6, 6.07) is 12.7. The lowest BCUT2D eigenvalue weighted by Gasteiger charge is -2.26. The summed E-state index contributed by atoms with van der Waals surface area (Å²) in [6.45, 7) is 5.10. The number of amides is 1. The lowest BCUT2D eigenvalue weighted by molar-refractivity contribution is -0.120. The number of hydrogen-bond acceptors (Lipinski definition) is 5. The number of aromatic nitrogens is 2. The minimum atomic E-state index is -0.521. The van der Waals surface area contributed by atoms with Gasteiger partial charge >= 0.3 is 0 Å². The first-order chi connectivity index (χ1) is 14.2. The SMILES string of the molecule is O=C1Nc2ncccc2[C@@]12Cc1cc3ccc(CN4CCNCC4)nc3cc1C2. The van der Waals surface area contributed by atoms with E-state index in [0.29, 0.717) is 12.2 Å². The van der Waals surface area contributed by atoms with E-state index in [-0.39, 0.29) is 5.91 Å². The highest BCUT2D eigenvalue weighted by Crippen LogP contribution is 2.47. The van der Waals surface area contributed by atoms with Crippen molar-refractivity contribution in [1.82, 2.24) is 20.2 Å². The Hall–Kier alpha value is -2.83. The topological polar surface area (TPSA) is 70.2 Å². The molecule has 6 rings (SSSR count). The number of nitrogens with zero attached hydrogens (tertiary/aromatic N) is 3. The summed E-state index contributed by atoms with van der Waals surface area (Å²) in [6.07, 6.45) is 3.18. The maximum Gasteiger partial charge on any atom is 0.237 e. The van der Waals surface area contributed by atoms with Crippen LogP contribution in [0.25, 0.3) is 10.9 Å². The summed E-state index contributed by atoms with van der Waals surface area (Å²) in [5, 5.41) is 7.53. The minimum Gasteiger partial charge on any atom is -0.314 e. The van der Waals surface area contributed by atoms with Crippen LogP contribution in [0.15, 0.2) is 42.6 Å². The zero-order valence-electron chi connectivity index (χ0n) is 16.2. The monoisotopic (exact) mass is 385 g/mol. The summed E-state index contributed by atoms with van der Waals surface area (Å²) >= 11 is 0. The number of rotatable bonds is 2. The maximum absolute atomic E-state index is 12.9. The molecule has 0 bridgehead atoms. The molecule has 1 atom stereocenters. The van der Waals surface area contributed by atoms with Crippen molar-refractivity contribution in [3.63, 3.8) is 0 Å². The molecular weight excluding hydrogens is 362 g/mol. The predicted molar refractivity (Wildman–Crippen MR) is 112 cm³/mol. The second-order valence-electron chi connectivity index (χ2n) is 8.43. The quantitative estimate of drug-likeness (QED) is 0.706. The first-order valence-electron chi connectivity index (χ1n) is 10.3. The Morgan fingerprint density at radius 2 is 1.90 bits per heavy atom. The van der Waals surface area contributed by atoms with Gasteiger partial charge in [-0.25, -0.2) is 4.98 Å². The molecule has 6 nitrogen and oxygen atoms in total. The van der Waals surface area contributed by atoms with Gasteiger partial charge in [0.2, 0.25) is 5.91 Å². The molecule has 4 heterocycles. The van der Waals surface area contributed by atoms with Crippen LogP contribution in [0, 0.1) is 0 Å². The van der Waals surface area contributed by atoms with E-state index in [0.717, 1.165) is 61.3 Å². The normalized spacial score (nSPS) is 23.4. The highest BCUT2D eigenvalue weighted by Gasteiger charge is 2.51. The first-order valence-corrected chi connectivity index (χ1v) is 10.3. The van der Waals surface area contributed by atoms with Gasteiger partial charge in [0.25, 0.3) is 0 Å². The smallest absolute Gasteiger partial charge is 0.237 e. The summed E-state index contributed by atoms with van der Waals surface area (Å²) in [5.74, 6) is 0.783. The van der Waals surface area contributed by atoms with Crippen molar-refractivity contribution >= 4 is 22.6 Å². The van der Waals surface area contributed by atoms with Gasteiger partial charge in [-0.2, -0.15) is 0 Å². The number of benzene rings is 1. The third-order valence-electron chi connectivity index (χ3n) is 6.64. The molecule has 6 heteroatoms. The van der Waals surface area contributed by atoms with Crippen LogP contribution in [0.3, 0.4) is 0 Å². The summed E-state index contributed by atoms with van der Waals surface area (Å²) in [5.41, 5.74) is 5.13. The minimum absolute atomic E-state index is 0.0683. The Morgan fingerprint density at radius 1 is 1.07 bits per heavy atom. The number of carbonyl (C=O) groups excluding carboxylic acids is 1. The van der Waals surface area contributed by atoms with Gasteiger partial charge in [0.15, 0.2) is 0 Å². The van der Waals surface area contributed by atoms with E-state index in [4.69, 9.17) is 4.98 Å². The Kier molecular flexibility index (Phi) is 3.73. The van der Waals surface area contributed by atoms with Gasteiger partial charge in [0.1, 0.15) is 5.82 Å². The fraction of sp³-hybridized carbons (Fsp3) is 0.348. The largest absolute Gasteiger partial charge is 0.314 e. The van der Waals surface area contributed by atoms with Gasteiger partial charge in [-0.3, -0.25) is 14.7 Å². The maximum atomic E-state index is 12.9. The van der Waals surface area contributed by atoms with Crippen molar-refractivity contribution < 1.29 is 4.79 Å². The Bertz CT molecular complexity index is 1140. The molecule has 146 valence electrons. The Balaban J connectivity index is 1.35. The lowest BCUT2D eigenvalue weighted by Crippen LogP contribution is -2.43. The molecule has 2 aromatic heterocycles. The molecule has 0 saturated carbocycles. The zero-order valence-corrected chi connectivity index (χ0v) is 16.2. The van der Waals surface area contributed by atoms with Gasteiger partial charge in [-0.1, -0.05) is 12.1 Å². The lowest BCUT2D eigenvalue weighted by atomic mass is 9.79. The fourth-order valence-corrected chi connectivity index (χ4v) is 5.12. The molecule has 1 amide bonds. The van der Waals surface area contributed by atoms with E-state index in [2.05, 4.69) is 44.8 Å². The molecular formula is C23H23N5O. The van der Waals surface area contributed by atoms with E-state index in [1.807, 2.05) is 12.1 Å².